The van der Waals surface area contributed by atoms with Crippen LogP contribution in [0.2, 0.25) is 0 Å². The first kappa shape index (κ1) is 20.9. The molecule has 3 unspecified atom stereocenters. The third-order valence-corrected chi connectivity index (χ3v) is 6.86. The third kappa shape index (κ3) is 3.98. The number of nitrogens with zero attached hydrogens (tertiary/aromatic N) is 1. The smallest absolute Gasteiger partial charge is 0.226 e. The fourth-order valence-corrected chi connectivity index (χ4v) is 5.46. The number of hydrogen-bond acceptors (Lipinski definition) is 3. The molecule has 4 atom stereocenters. The topological polar surface area (TPSA) is 66.5 Å². The minimum Gasteiger partial charge on any atom is -0.341 e. The summed E-state index contributed by atoms with van der Waals surface area (Å²) in [6, 6.07) is 10.6. The van der Waals surface area contributed by atoms with Crippen LogP contribution in [0.25, 0.3) is 11.1 Å². The van der Waals surface area contributed by atoms with Crippen LogP contribution in [0.5, 0.6) is 0 Å². The molecule has 0 aromatic heterocycles. The molecule has 1 saturated heterocycles. The van der Waals surface area contributed by atoms with Gasteiger partial charge in [0.1, 0.15) is 11.6 Å². The standard InChI is InChI=1S/C22H24F2N2O3S/c1-13-19(20(13)22(27)26-11-10-14(12-26)25-30(2,28)29)15-6-3-4-7-16(15)21-17(23)8-5-9-18(21)24/h3-9,13-14,19-20,25H,10-12H2,1-2H3/t13?,14-,19?,20?/m0/s1. The van der Waals surface area contributed by atoms with Gasteiger partial charge in [-0.2, -0.15) is 0 Å². The van der Waals surface area contributed by atoms with Crippen molar-refractivity contribution >= 4 is 15.9 Å². The first-order valence-corrected chi connectivity index (χ1v) is 11.9. The highest BCUT2D eigenvalue weighted by atomic mass is 32.2. The zero-order valence-electron chi connectivity index (χ0n) is 16.8. The van der Waals surface area contributed by atoms with Crippen LogP contribution in [-0.2, 0) is 14.8 Å². The van der Waals surface area contributed by atoms with Crippen molar-refractivity contribution in [2.75, 3.05) is 19.3 Å². The van der Waals surface area contributed by atoms with Gasteiger partial charge >= 0.3 is 0 Å². The Hall–Kier alpha value is -2.32. The molecule has 0 spiro atoms. The average Bonchev–Trinajstić information content (AvgIpc) is 3.11. The molecule has 1 N–H and O–H groups in total. The van der Waals surface area contributed by atoms with E-state index in [-0.39, 0.29) is 35.3 Å². The Bertz CT molecular complexity index is 1070. The van der Waals surface area contributed by atoms with E-state index in [1.54, 1.807) is 17.0 Å². The molecular weight excluding hydrogens is 410 g/mol. The number of benzene rings is 2. The highest BCUT2D eigenvalue weighted by Gasteiger charge is 2.54. The molecule has 1 aliphatic heterocycles. The lowest BCUT2D eigenvalue weighted by molar-refractivity contribution is -0.131. The minimum atomic E-state index is -3.33. The molecule has 30 heavy (non-hydrogen) atoms. The van der Waals surface area contributed by atoms with Crippen LogP contribution in [0.4, 0.5) is 8.78 Å². The Kier molecular flexibility index (Phi) is 5.40. The van der Waals surface area contributed by atoms with E-state index in [4.69, 9.17) is 0 Å². The lowest BCUT2D eigenvalue weighted by Crippen LogP contribution is -2.38. The molecule has 5 nitrogen and oxygen atoms in total. The van der Waals surface area contributed by atoms with E-state index < -0.39 is 21.7 Å². The number of nitrogens with one attached hydrogen (secondary N) is 1. The summed E-state index contributed by atoms with van der Waals surface area (Å²) in [5.41, 5.74) is 1.16. The fraction of sp³-hybridized carbons (Fsp3) is 0.409. The van der Waals surface area contributed by atoms with Gasteiger partial charge in [-0.1, -0.05) is 37.3 Å². The highest BCUT2D eigenvalue weighted by molar-refractivity contribution is 7.88. The molecular formula is C22H24F2N2O3S. The van der Waals surface area contributed by atoms with Gasteiger partial charge in [0, 0.05) is 25.0 Å². The number of amides is 1. The van der Waals surface area contributed by atoms with Gasteiger partial charge in [0.25, 0.3) is 0 Å². The maximum absolute atomic E-state index is 14.4. The van der Waals surface area contributed by atoms with Gasteiger partial charge in [-0.05, 0) is 41.5 Å². The van der Waals surface area contributed by atoms with Crippen LogP contribution >= 0.6 is 0 Å². The zero-order chi connectivity index (χ0) is 21.6. The molecule has 2 fully saturated rings. The normalized spacial score (nSPS) is 26.1. The van der Waals surface area contributed by atoms with Crippen LogP contribution in [0.3, 0.4) is 0 Å². The summed E-state index contributed by atoms with van der Waals surface area (Å²) in [5, 5.41) is 0. The Labute approximate surface area is 175 Å². The van der Waals surface area contributed by atoms with Crippen molar-refractivity contribution in [1.82, 2.24) is 9.62 Å². The predicted octanol–water partition coefficient (Wildman–Crippen LogP) is 3.13. The lowest BCUT2D eigenvalue weighted by atomic mass is 9.94. The Balaban J connectivity index is 1.56. The summed E-state index contributed by atoms with van der Waals surface area (Å²) in [7, 11) is -3.33. The number of hydrogen-bond donors (Lipinski definition) is 1. The Morgan fingerprint density at radius 2 is 1.77 bits per heavy atom. The van der Waals surface area contributed by atoms with Gasteiger partial charge in [-0.3, -0.25) is 4.79 Å². The predicted molar refractivity (Wildman–Crippen MR) is 110 cm³/mol. The van der Waals surface area contributed by atoms with Crippen LogP contribution < -0.4 is 4.72 Å². The van der Waals surface area contributed by atoms with Crippen molar-refractivity contribution in [2.24, 2.45) is 11.8 Å². The molecule has 1 saturated carbocycles. The first-order valence-electron chi connectivity index (χ1n) is 9.97. The van der Waals surface area contributed by atoms with Crippen LogP contribution in [0.15, 0.2) is 42.5 Å². The maximum atomic E-state index is 14.4. The number of carbonyl (C=O) groups is 1. The van der Waals surface area contributed by atoms with E-state index >= 15 is 0 Å². The summed E-state index contributed by atoms with van der Waals surface area (Å²) in [6.45, 7) is 2.79. The molecule has 8 heteroatoms. The van der Waals surface area contributed by atoms with Crippen LogP contribution in [0, 0.1) is 23.5 Å². The SMILES string of the molecule is CC1C(C(=O)N2CC[C@H](NS(C)(=O)=O)C2)C1c1ccccc1-c1c(F)cccc1F. The second-order valence-electron chi connectivity index (χ2n) is 8.25. The number of halogens is 2. The van der Waals surface area contributed by atoms with Gasteiger partial charge < -0.3 is 4.90 Å². The van der Waals surface area contributed by atoms with Gasteiger partial charge in [-0.25, -0.2) is 21.9 Å². The van der Waals surface area contributed by atoms with Gasteiger partial charge in [-0.15, -0.1) is 0 Å². The van der Waals surface area contributed by atoms with Gasteiger partial charge in [0.05, 0.1) is 11.8 Å². The van der Waals surface area contributed by atoms with Crippen LogP contribution in [0.1, 0.15) is 24.8 Å². The Morgan fingerprint density at radius 3 is 2.43 bits per heavy atom. The molecule has 0 bridgehead atoms. The molecule has 2 aromatic carbocycles. The van der Waals surface area contributed by atoms with Gasteiger partial charge in [0.2, 0.25) is 15.9 Å². The maximum Gasteiger partial charge on any atom is 0.226 e. The zero-order valence-corrected chi connectivity index (χ0v) is 17.6. The van der Waals surface area contributed by atoms with Crippen molar-refractivity contribution in [1.29, 1.82) is 0 Å². The largest absolute Gasteiger partial charge is 0.341 e. The highest BCUT2D eigenvalue weighted by Crippen LogP contribution is 2.56. The van der Waals surface area contributed by atoms with Crippen molar-refractivity contribution in [3.63, 3.8) is 0 Å². The number of likely N-dealkylation sites (tertiary alicyclic amines) is 1. The fourth-order valence-electron chi connectivity index (χ4n) is 4.66. The molecule has 0 radical (unpaired) electrons. The molecule has 2 aromatic rings. The second kappa shape index (κ2) is 7.74. The van der Waals surface area contributed by atoms with E-state index in [9.17, 15) is 22.0 Å². The first-order chi connectivity index (χ1) is 14.2. The van der Waals surface area contributed by atoms with Crippen LogP contribution in [-0.4, -0.2) is 44.6 Å². The molecule has 1 heterocycles. The van der Waals surface area contributed by atoms with E-state index in [1.165, 1.54) is 18.2 Å². The number of sulfonamides is 1. The monoisotopic (exact) mass is 434 g/mol. The van der Waals surface area contributed by atoms with Crippen molar-refractivity contribution in [2.45, 2.75) is 25.3 Å². The molecule has 1 amide bonds. The van der Waals surface area contributed by atoms with Crippen molar-refractivity contribution < 1.29 is 22.0 Å². The Morgan fingerprint density at radius 1 is 1.10 bits per heavy atom. The molecule has 1 aliphatic carbocycles. The molecule has 2 aliphatic rings. The summed E-state index contributed by atoms with van der Waals surface area (Å²) < 4.78 is 54.3. The minimum absolute atomic E-state index is 0.0332. The average molecular weight is 435 g/mol. The molecule has 160 valence electrons. The second-order valence-corrected chi connectivity index (χ2v) is 10.0. The lowest BCUT2D eigenvalue weighted by Gasteiger charge is -2.17. The number of carbonyl (C=O) groups excluding carboxylic acids is 1. The summed E-state index contributed by atoms with van der Waals surface area (Å²) in [4.78, 5) is 14.8. The summed E-state index contributed by atoms with van der Waals surface area (Å²) in [6.07, 6.45) is 1.68. The molecule has 4 rings (SSSR count). The summed E-state index contributed by atoms with van der Waals surface area (Å²) >= 11 is 0. The van der Waals surface area contributed by atoms with Gasteiger partial charge in [0.15, 0.2) is 0 Å². The summed E-state index contributed by atoms with van der Waals surface area (Å²) in [5.74, 6) is -1.67. The quantitative estimate of drug-likeness (QED) is 0.786. The van der Waals surface area contributed by atoms with Crippen molar-refractivity contribution in [3.8, 4) is 11.1 Å². The van der Waals surface area contributed by atoms with E-state index in [0.717, 1.165) is 11.8 Å². The third-order valence-electron chi connectivity index (χ3n) is 6.10. The number of rotatable bonds is 5. The van der Waals surface area contributed by atoms with E-state index in [0.29, 0.717) is 25.1 Å². The van der Waals surface area contributed by atoms with E-state index in [1.807, 2.05) is 19.1 Å². The van der Waals surface area contributed by atoms with Crippen molar-refractivity contribution in [3.05, 3.63) is 59.7 Å². The van der Waals surface area contributed by atoms with E-state index in [2.05, 4.69) is 4.72 Å².